The van der Waals surface area contributed by atoms with Crippen molar-refractivity contribution < 1.29 is 4.74 Å². The Morgan fingerprint density at radius 2 is 2.06 bits per heavy atom. The highest BCUT2D eigenvalue weighted by atomic mass is 79.9. The molecule has 5 heteroatoms. The lowest BCUT2D eigenvalue weighted by molar-refractivity contribution is 0.191. The quantitative estimate of drug-likeness (QED) is 0.820. The van der Waals surface area contributed by atoms with E-state index in [1.54, 1.807) is 7.11 Å². The molecule has 1 heterocycles. The second-order valence-electron chi connectivity index (χ2n) is 4.42. The molecule has 0 aromatic carbocycles. The first-order valence-corrected chi connectivity index (χ1v) is 6.62. The third kappa shape index (κ3) is 5.00. The summed E-state index contributed by atoms with van der Waals surface area (Å²) in [5, 5.41) is 3.35. The Kier molecular flexibility index (Phi) is 5.85. The predicted molar refractivity (Wildman–Crippen MR) is 73.4 cm³/mol. The van der Waals surface area contributed by atoms with Gasteiger partial charge < -0.3 is 10.1 Å². The Morgan fingerprint density at radius 3 is 2.65 bits per heavy atom. The van der Waals surface area contributed by atoms with Crippen molar-refractivity contribution in [2.75, 3.05) is 19.0 Å². The molecule has 0 aliphatic rings. The smallest absolute Gasteiger partial charge is 0.134 e. The van der Waals surface area contributed by atoms with Crippen LogP contribution in [0.2, 0.25) is 0 Å². The molecule has 96 valence electrons. The molecule has 4 nitrogen and oxygen atoms in total. The first kappa shape index (κ1) is 14.4. The van der Waals surface area contributed by atoms with Gasteiger partial charge in [0, 0.05) is 31.7 Å². The second-order valence-corrected chi connectivity index (χ2v) is 5.23. The number of halogens is 1. The summed E-state index contributed by atoms with van der Waals surface area (Å²) in [5.74, 6) is 2.03. The van der Waals surface area contributed by atoms with Crippen LogP contribution >= 0.6 is 15.9 Å². The van der Waals surface area contributed by atoms with E-state index >= 15 is 0 Å². The normalized spacial score (nSPS) is 12.8. The van der Waals surface area contributed by atoms with Gasteiger partial charge in [0.1, 0.15) is 16.2 Å². The molecule has 17 heavy (non-hydrogen) atoms. The van der Waals surface area contributed by atoms with Gasteiger partial charge in [-0.25, -0.2) is 9.97 Å². The zero-order valence-corrected chi connectivity index (χ0v) is 12.4. The molecular formula is C12H20BrN3O. The standard InChI is InChI=1S/C12H20BrN3O/c1-8(2)12-15-10(13)7-11(16-12)14-9(3)5-6-17-4/h7-9H,5-6H2,1-4H3,(H,14,15,16). The van der Waals surface area contributed by atoms with Crippen LogP contribution in [0.4, 0.5) is 5.82 Å². The molecule has 0 fully saturated rings. The summed E-state index contributed by atoms with van der Waals surface area (Å²) in [4.78, 5) is 8.83. The Bertz CT molecular complexity index is 358. The van der Waals surface area contributed by atoms with E-state index in [2.05, 4.69) is 52.0 Å². The van der Waals surface area contributed by atoms with Gasteiger partial charge in [0.15, 0.2) is 0 Å². The molecular weight excluding hydrogens is 282 g/mol. The van der Waals surface area contributed by atoms with Crippen LogP contribution < -0.4 is 5.32 Å². The number of nitrogens with one attached hydrogen (secondary N) is 1. The maximum absolute atomic E-state index is 5.05. The van der Waals surface area contributed by atoms with Gasteiger partial charge in [-0.3, -0.25) is 0 Å². The lowest BCUT2D eigenvalue weighted by atomic mass is 10.2. The molecule has 1 aromatic heterocycles. The summed E-state index contributed by atoms with van der Waals surface area (Å²) in [6, 6.07) is 2.23. The van der Waals surface area contributed by atoms with Crippen LogP contribution in [0.3, 0.4) is 0 Å². The maximum atomic E-state index is 5.05. The average molecular weight is 302 g/mol. The largest absolute Gasteiger partial charge is 0.385 e. The molecule has 1 rings (SSSR count). The molecule has 0 radical (unpaired) electrons. The summed E-state index contributed by atoms with van der Waals surface area (Å²) in [5.41, 5.74) is 0. The van der Waals surface area contributed by atoms with Gasteiger partial charge in [0.2, 0.25) is 0 Å². The third-order valence-electron chi connectivity index (χ3n) is 2.38. The Labute approximate surface area is 111 Å². The zero-order valence-electron chi connectivity index (χ0n) is 10.8. The van der Waals surface area contributed by atoms with E-state index in [0.29, 0.717) is 12.0 Å². The summed E-state index contributed by atoms with van der Waals surface area (Å²) < 4.78 is 5.87. The molecule has 1 atom stereocenters. The number of hydrogen-bond donors (Lipinski definition) is 1. The number of rotatable bonds is 6. The highest BCUT2D eigenvalue weighted by Gasteiger charge is 2.08. The fourth-order valence-electron chi connectivity index (χ4n) is 1.39. The van der Waals surface area contributed by atoms with Crippen molar-refractivity contribution in [3.63, 3.8) is 0 Å². The lowest BCUT2D eigenvalue weighted by Crippen LogP contribution is -2.18. The van der Waals surface area contributed by atoms with Crippen molar-refractivity contribution in [3.8, 4) is 0 Å². The second kappa shape index (κ2) is 6.91. The van der Waals surface area contributed by atoms with E-state index in [4.69, 9.17) is 4.74 Å². The van der Waals surface area contributed by atoms with Gasteiger partial charge in [-0.15, -0.1) is 0 Å². The number of anilines is 1. The number of aromatic nitrogens is 2. The Hall–Kier alpha value is -0.680. The van der Waals surface area contributed by atoms with Gasteiger partial charge in [-0.1, -0.05) is 13.8 Å². The molecule has 0 aliphatic heterocycles. The minimum atomic E-state index is 0.322. The van der Waals surface area contributed by atoms with E-state index in [9.17, 15) is 0 Å². The summed E-state index contributed by atoms with van der Waals surface area (Å²) in [6.07, 6.45) is 0.954. The molecule has 0 saturated heterocycles. The van der Waals surface area contributed by atoms with Crippen molar-refractivity contribution in [3.05, 3.63) is 16.5 Å². The molecule has 0 spiro atoms. The number of methoxy groups -OCH3 is 1. The molecule has 0 saturated carbocycles. The molecule has 0 amide bonds. The van der Waals surface area contributed by atoms with Crippen LogP contribution in [0.5, 0.6) is 0 Å². The monoisotopic (exact) mass is 301 g/mol. The average Bonchev–Trinajstić information content (AvgIpc) is 2.25. The van der Waals surface area contributed by atoms with Gasteiger partial charge >= 0.3 is 0 Å². The zero-order chi connectivity index (χ0) is 12.8. The fraction of sp³-hybridized carbons (Fsp3) is 0.667. The van der Waals surface area contributed by atoms with Crippen LogP contribution in [-0.4, -0.2) is 29.7 Å². The molecule has 1 N–H and O–H groups in total. The molecule has 1 unspecified atom stereocenters. The number of nitrogens with zero attached hydrogens (tertiary/aromatic N) is 2. The lowest BCUT2D eigenvalue weighted by Gasteiger charge is -2.15. The summed E-state index contributed by atoms with van der Waals surface area (Å²) in [6.45, 7) is 7.03. The highest BCUT2D eigenvalue weighted by molar-refractivity contribution is 9.10. The van der Waals surface area contributed by atoms with Crippen molar-refractivity contribution >= 4 is 21.7 Å². The molecule has 0 aliphatic carbocycles. The van der Waals surface area contributed by atoms with Crippen molar-refractivity contribution in [1.82, 2.24) is 9.97 Å². The van der Waals surface area contributed by atoms with Crippen molar-refractivity contribution in [2.24, 2.45) is 0 Å². The van der Waals surface area contributed by atoms with Gasteiger partial charge in [0.25, 0.3) is 0 Å². The molecule has 0 bridgehead atoms. The maximum Gasteiger partial charge on any atom is 0.134 e. The van der Waals surface area contributed by atoms with E-state index in [1.807, 2.05) is 6.07 Å². The summed E-state index contributed by atoms with van der Waals surface area (Å²) in [7, 11) is 1.71. The predicted octanol–water partition coefficient (Wildman–Crippen LogP) is 3.20. The van der Waals surface area contributed by atoms with Crippen molar-refractivity contribution in [2.45, 2.75) is 39.2 Å². The highest BCUT2D eigenvalue weighted by Crippen LogP contribution is 2.18. The van der Waals surface area contributed by atoms with Gasteiger partial charge in [-0.2, -0.15) is 0 Å². The van der Waals surface area contributed by atoms with Crippen LogP contribution in [0.25, 0.3) is 0 Å². The number of hydrogen-bond acceptors (Lipinski definition) is 4. The van der Waals surface area contributed by atoms with Gasteiger partial charge in [-0.05, 0) is 29.3 Å². The van der Waals surface area contributed by atoms with Crippen LogP contribution in [0.1, 0.15) is 38.9 Å². The van der Waals surface area contributed by atoms with Crippen LogP contribution in [-0.2, 0) is 4.74 Å². The Balaban J connectivity index is 2.70. The van der Waals surface area contributed by atoms with E-state index in [1.165, 1.54) is 0 Å². The van der Waals surface area contributed by atoms with Crippen LogP contribution in [0, 0.1) is 0 Å². The topological polar surface area (TPSA) is 47.0 Å². The minimum absolute atomic E-state index is 0.322. The third-order valence-corrected chi connectivity index (χ3v) is 2.78. The van der Waals surface area contributed by atoms with E-state index < -0.39 is 0 Å². The SMILES string of the molecule is COCCC(C)Nc1cc(Br)nc(C(C)C)n1. The molecule has 1 aromatic rings. The van der Waals surface area contributed by atoms with Gasteiger partial charge in [0.05, 0.1) is 0 Å². The first-order chi connectivity index (χ1) is 8.02. The van der Waals surface area contributed by atoms with E-state index in [0.717, 1.165) is 29.3 Å². The summed E-state index contributed by atoms with van der Waals surface area (Å²) >= 11 is 3.41. The number of ether oxygens (including phenoxy) is 1. The minimum Gasteiger partial charge on any atom is -0.385 e. The van der Waals surface area contributed by atoms with E-state index in [-0.39, 0.29) is 0 Å². The van der Waals surface area contributed by atoms with Crippen LogP contribution in [0.15, 0.2) is 10.7 Å². The fourth-order valence-corrected chi connectivity index (χ4v) is 1.79. The van der Waals surface area contributed by atoms with Crippen molar-refractivity contribution in [1.29, 1.82) is 0 Å². The first-order valence-electron chi connectivity index (χ1n) is 5.83. The Morgan fingerprint density at radius 1 is 1.35 bits per heavy atom.